The summed E-state index contributed by atoms with van der Waals surface area (Å²) in [6.45, 7) is 19.2. The van der Waals surface area contributed by atoms with Gasteiger partial charge in [0.25, 0.3) is 5.91 Å². The van der Waals surface area contributed by atoms with Gasteiger partial charge in [-0.2, -0.15) is 0 Å². The number of aromatic nitrogens is 2. The third-order valence-corrected chi connectivity index (χ3v) is 19.8. The molecule has 1 aliphatic heterocycles. The number of hydrogen-bond acceptors (Lipinski definition) is 6. The van der Waals surface area contributed by atoms with Crippen molar-refractivity contribution >= 4 is 44.6 Å². The van der Waals surface area contributed by atoms with Crippen molar-refractivity contribution in [2.24, 2.45) is 0 Å². The maximum Gasteiger partial charge on any atom is 0.407 e. The lowest BCUT2D eigenvalue weighted by molar-refractivity contribution is 0.0753. The van der Waals surface area contributed by atoms with Gasteiger partial charge in [-0.15, -0.1) is 0 Å². The van der Waals surface area contributed by atoms with Gasteiger partial charge in [0.15, 0.2) is 0 Å². The van der Waals surface area contributed by atoms with Gasteiger partial charge in [0.2, 0.25) is 0 Å². The molecule has 11 heteroatoms. The second kappa shape index (κ2) is 17.7. The predicted molar refractivity (Wildman–Crippen MR) is 217 cm³/mol. The molecule has 3 aromatic carbocycles. The smallest absolute Gasteiger partial charge is 0.407 e. The zero-order valence-electron chi connectivity index (χ0n) is 32.3. The van der Waals surface area contributed by atoms with E-state index in [0.29, 0.717) is 51.6 Å². The lowest BCUT2D eigenvalue weighted by atomic mass is 10.0. The molecule has 0 bridgehead atoms. The van der Waals surface area contributed by atoms with Crippen molar-refractivity contribution in [2.75, 3.05) is 31.1 Å². The number of carbonyl (C=O) groups is 2. The van der Waals surface area contributed by atoms with E-state index >= 15 is 0 Å². The zero-order chi connectivity index (χ0) is 37.3. The average Bonchev–Trinajstić information content (AvgIpc) is 3.54. The third-order valence-electron chi connectivity index (χ3n) is 11.4. The number of ether oxygens (including phenoxy) is 2. The number of benzene rings is 3. The number of anilines is 1. The van der Waals surface area contributed by atoms with Gasteiger partial charge in [-0.25, -0.2) is 9.78 Å². The number of carbonyl (C=O) groups excluding carboxylic acids is 2. The monoisotopic (exact) mass is 741 g/mol. The molecule has 0 radical (unpaired) electrons. The maximum atomic E-state index is 14.0. The molecule has 9 nitrogen and oxygen atoms in total. The first-order valence-corrected chi connectivity index (χ1v) is 25.6. The van der Waals surface area contributed by atoms with E-state index in [2.05, 4.69) is 74.7 Å². The van der Waals surface area contributed by atoms with Crippen molar-refractivity contribution in [3.05, 3.63) is 95.6 Å². The number of para-hydroxylation sites is 1. The van der Waals surface area contributed by atoms with Crippen molar-refractivity contribution in [1.29, 1.82) is 0 Å². The summed E-state index contributed by atoms with van der Waals surface area (Å²) in [5, 5.41) is 5.18. The molecule has 0 saturated heterocycles. The van der Waals surface area contributed by atoms with Crippen LogP contribution in [0.3, 0.4) is 0 Å². The van der Waals surface area contributed by atoms with Gasteiger partial charge in [-0.3, -0.25) is 4.79 Å². The third kappa shape index (κ3) is 9.73. The van der Waals surface area contributed by atoms with Crippen LogP contribution in [0.2, 0.25) is 43.8 Å². The molecule has 0 fully saturated rings. The topological polar surface area (TPSA) is 99.8 Å². The number of rotatable bonds is 16. The highest BCUT2D eigenvalue weighted by molar-refractivity contribution is 6.79. The van der Waals surface area contributed by atoms with E-state index in [-0.39, 0.29) is 11.6 Å². The molecule has 4 aromatic rings. The predicted octanol–water partition coefficient (Wildman–Crippen LogP) is 9.17. The summed E-state index contributed by atoms with van der Waals surface area (Å²) in [7, 11) is -2.86. The molecule has 2 N–H and O–H groups in total. The van der Waals surface area contributed by atoms with Gasteiger partial charge in [0, 0.05) is 43.2 Å². The lowest BCUT2D eigenvalue weighted by Gasteiger charge is -2.28. The molecule has 2 amide bonds. The normalized spacial score (nSPS) is 14.8. The molecule has 0 spiro atoms. The Kier molecular flexibility index (Phi) is 13.4. The van der Waals surface area contributed by atoms with Gasteiger partial charge in [0.05, 0.1) is 47.3 Å². The first kappa shape index (κ1) is 39.3. The van der Waals surface area contributed by atoms with E-state index in [0.717, 1.165) is 39.3 Å². The highest BCUT2D eigenvalue weighted by Gasteiger charge is 2.29. The van der Waals surface area contributed by atoms with Crippen LogP contribution in [0, 0.1) is 0 Å². The van der Waals surface area contributed by atoms with Crippen LogP contribution in [0.25, 0.3) is 10.8 Å². The van der Waals surface area contributed by atoms with Crippen molar-refractivity contribution < 1.29 is 19.1 Å². The average molecular weight is 742 g/mol. The SMILES string of the molecule is CC[Si](CC)(CC)CCOC(=O)NC(CCN1CCN(C(=O)c2cccc3ccccc23)Cc2ccccc21)c1ncc(COC(C)[Si](C)(C)C)[nH]1. The quantitative estimate of drug-likeness (QED) is 0.111. The van der Waals surface area contributed by atoms with Gasteiger partial charge < -0.3 is 29.6 Å². The Labute approximate surface area is 312 Å². The largest absolute Gasteiger partial charge is 0.450 e. The lowest BCUT2D eigenvalue weighted by Crippen LogP contribution is -2.38. The number of nitrogens with one attached hydrogen (secondary N) is 2. The number of amides is 2. The van der Waals surface area contributed by atoms with E-state index in [1.165, 1.54) is 18.1 Å². The van der Waals surface area contributed by atoms with Gasteiger partial charge in [0.1, 0.15) is 5.82 Å². The van der Waals surface area contributed by atoms with Crippen LogP contribution in [0.5, 0.6) is 0 Å². The molecule has 0 saturated carbocycles. The molecule has 2 atom stereocenters. The molecule has 2 heterocycles. The Balaban J connectivity index is 1.31. The van der Waals surface area contributed by atoms with Gasteiger partial charge >= 0.3 is 6.09 Å². The van der Waals surface area contributed by atoms with E-state index in [1.807, 2.05) is 65.7 Å². The molecular weight excluding hydrogens is 683 g/mol. The summed E-state index contributed by atoms with van der Waals surface area (Å²) in [6, 6.07) is 26.5. The highest BCUT2D eigenvalue weighted by atomic mass is 28.3. The Hall–Kier alpha value is -3.94. The van der Waals surface area contributed by atoms with Crippen molar-refractivity contribution in [3.63, 3.8) is 0 Å². The molecule has 1 aromatic heterocycles. The Morgan fingerprint density at radius 3 is 2.40 bits per heavy atom. The summed E-state index contributed by atoms with van der Waals surface area (Å²) in [6.07, 6.45) is 1.99. The van der Waals surface area contributed by atoms with Crippen LogP contribution < -0.4 is 10.2 Å². The Bertz CT molecular complexity index is 1770. The number of alkyl carbamates (subject to hydrolysis) is 1. The van der Waals surface area contributed by atoms with Crippen LogP contribution in [0.15, 0.2) is 72.9 Å². The molecule has 0 aliphatic carbocycles. The summed E-state index contributed by atoms with van der Waals surface area (Å²) in [4.78, 5) is 39.8. The summed E-state index contributed by atoms with van der Waals surface area (Å²) >= 11 is 0. The standard InChI is InChI=1S/C41H59N5O4Si2/c1-8-52(9-2,10-3)27-26-49-41(48)44-37(39-42-28-34(43-39)30-50-31(4)51(5,6)7)22-23-45-24-25-46(29-33-17-12-14-21-38(33)45)40(47)36-20-15-18-32-16-11-13-19-35(32)36/h11-21,28,31,37H,8-10,22-27,29-30H2,1-7H3,(H,42,43)(H,44,48). The van der Waals surface area contributed by atoms with Crippen molar-refractivity contribution in [2.45, 2.75) is 103 Å². The highest BCUT2D eigenvalue weighted by Crippen LogP contribution is 2.29. The molecule has 2 unspecified atom stereocenters. The van der Waals surface area contributed by atoms with Crippen LogP contribution >= 0.6 is 0 Å². The first-order chi connectivity index (χ1) is 25.0. The minimum absolute atomic E-state index is 0.0332. The van der Waals surface area contributed by atoms with E-state index < -0.39 is 28.3 Å². The molecular formula is C41H59N5O4Si2. The van der Waals surface area contributed by atoms with Crippen LogP contribution in [-0.2, 0) is 22.6 Å². The fourth-order valence-electron chi connectivity index (χ4n) is 7.07. The number of fused-ring (bicyclic) bond motifs is 2. The number of nitrogens with zero attached hydrogens (tertiary/aromatic N) is 3. The van der Waals surface area contributed by atoms with Crippen molar-refractivity contribution in [1.82, 2.24) is 20.2 Å². The van der Waals surface area contributed by atoms with Crippen molar-refractivity contribution in [3.8, 4) is 0 Å². The van der Waals surface area contributed by atoms with Crippen LogP contribution in [0.1, 0.15) is 67.6 Å². The zero-order valence-corrected chi connectivity index (χ0v) is 34.3. The summed E-state index contributed by atoms with van der Waals surface area (Å²) < 4.78 is 12.0. The molecule has 5 rings (SSSR count). The second-order valence-electron chi connectivity index (χ2n) is 15.4. The van der Waals surface area contributed by atoms with Crippen LogP contribution in [0.4, 0.5) is 10.5 Å². The summed E-state index contributed by atoms with van der Waals surface area (Å²) in [5.74, 6) is 0.720. The minimum atomic E-state index is -1.45. The Morgan fingerprint density at radius 1 is 0.942 bits per heavy atom. The fraction of sp³-hybridized carbons (Fsp3) is 0.488. The van der Waals surface area contributed by atoms with Gasteiger partial charge in [-0.05, 0) is 47.9 Å². The van der Waals surface area contributed by atoms with E-state index in [1.54, 1.807) is 0 Å². The first-order valence-electron chi connectivity index (χ1n) is 19.2. The van der Waals surface area contributed by atoms with E-state index in [4.69, 9.17) is 14.5 Å². The van der Waals surface area contributed by atoms with Crippen LogP contribution in [-0.4, -0.2) is 75.0 Å². The maximum absolute atomic E-state index is 14.0. The molecule has 1 aliphatic rings. The molecule has 280 valence electrons. The van der Waals surface area contributed by atoms with Gasteiger partial charge in [-0.1, -0.05) is 113 Å². The molecule has 52 heavy (non-hydrogen) atoms. The number of H-pyrrole nitrogens is 1. The van der Waals surface area contributed by atoms with E-state index in [9.17, 15) is 9.59 Å². The second-order valence-corrected chi connectivity index (χ2v) is 26.6. The number of aromatic amines is 1. The minimum Gasteiger partial charge on any atom is -0.450 e. The number of hydrogen-bond donors (Lipinski definition) is 2. The number of imidazole rings is 1. The fourth-order valence-corrected chi connectivity index (χ4v) is 10.7. The summed E-state index contributed by atoms with van der Waals surface area (Å²) in [5.41, 5.74) is 4.00. The Morgan fingerprint density at radius 2 is 1.65 bits per heavy atom.